The predicted octanol–water partition coefficient (Wildman–Crippen LogP) is 6.62. The molecule has 2 heterocycles. The van der Waals surface area contributed by atoms with Gasteiger partial charge < -0.3 is 19.8 Å². The Balaban J connectivity index is 1.53. The molecule has 0 bridgehead atoms. The molecule has 0 saturated carbocycles. The maximum atomic E-state index is 15.1. The van der Waals surface area contributed by atoms with Crippen LogP contribution in [0.4, 0.5) is 17.6 Å². The third-order valence-corrected chi connectivity index (χ3v) is 8.37. The van der Waals surface area contributed by atoms with Crippen LogP contribution in [0.2, 0.25) is 0 Å². The molecule has 13 heteroatoms. The number of aliphatic carboxylic acids is 1. The molecule has 0 aliphatic rings. The molecule has 0 radical (unpaired) electrons. The lowest BCUT2D eigenvalue weighted by molar-refractivity contribution is -0.136. The Bertz CT molecular complexity index is 1950. The first-order chi connectivity index (χ1) is 20.3. The average molecular weight is 616 g/mol. The van der Waals surface area contributed by atoms with Gasteiger partial charge in [0.25, 0.3) is 6.43 Å². The minimum Gasteiger partial charge on any atom is -0.481 e. The first kappa shape index (κ1) is 29.8. The molecule has 1 atom stereocenters. The summed E-state index contributed by atoms with van der Waals surface area (Å²) in [7, 11) is -3.98. The summed E-state index contributed by atoms with van der Waals surface area (Å²) in [5.41, 5.74) is -1.17. The number of halogens is 4. The number of benzene rings is 3. The Morgan fingerprint density at radius 3 is 2.56 bits per heavy atom. The molecule has 0 aliphatic carbocycles. The number of hydrogen-bond donors (Lipinski definition) is 3. The van der Waals surface area contributed by atoms with Gasteiger partial charge in [0.2, 0.25) is 0 Å². The highest BCUT2D eigenvalue weighted by molar-refractivity contribution is 7.91. The summed E-state index contributed by atoms with van der Waals surface area (Å²) >= 11 is 0. The lowest BCUT2D eigenvalue weighted by Gasteiger charge is -2.28. The van der Waals surface area contributed by atoms with Crippen LogP contribution in [0.5, 0.6) is 11.5 Å². The summed E-state index contributed by atoms with van der Waals surface area (Å²) in [5.74, 6) is -3.63. The van der Waals surface area contributed by atoms with E-state index in [1.807, 2.05) is 0 Å². The Labute approximate surface area is 243 Å². The van der Waals surface area contributed by atoms with Crippen molar-refractivity contribution in [2.24, 2.45) is 0 Å². The van der Waals surface area contributed by atoms with Crippen LogP contribution >= 0.6 is 0 Å². The lowest BCUT2D eigenvalue weighted by Crippen LogP contribution is -2.33. The van der Waals surface area contributed by atoms with Crippen molar-refractivity contribution in [2.45, 2.75) is 36.5 Å². The molecule has 0 saturated heterocycles. The number of carboxylic acids is 1. The molecule has 5 aromatic rings. The molecular weight excluding hydrogens is 590 g/mol. The number of ether oxygens (including phenoxy) is 1. The van der Waals surface area contributed by atoms with E-state index in [9.17, 15) is 22.0 Å². The van der Waals surface area contributed by atoms with Gasteiger partial charge >= 0.3 is 5.97 Å². The van der Waals surface area contributed by atoms with Crippen molar-refractivity contribution in [1.82, 2.24) is 15.0 Å². The minimum atomic E-state index is -3.98. The van der Waals surface area contributed by atoms with Crippen molar-refractivity contribution in [3.8, 4) is 22.9 Å². The molecule has 0 fully saturated rings. The number of aromatic amines is 2. The summed E-state index contributed by atoms with van der Waals surface area (Å²) < 4.78 is 90.2. The number of aromatic nitrogens is 3. The second kappa shape index (κ2) is 11.2. The van der Waals surface area contributed by atoms with Crippen molar-refractivity contribution in [3.63, 3.8) is 0 Å². The van der Waals surface area contributed by atoms with Gasteiger partial charge in [-0.15, -0.1) is 0 Å². The second-order valence-corrected chi connectivity index (χ2v) is 12.2. The van der Waals surface area contributed by atoms with E-state index >= 15 is 8.78 Å². The zero-order chi connectivity index (χ0) is 31.1. The van der Waals surface area contributed by atoms with Crippen molar-refractivity contribution in [2.75, 3.05) is 6.26 Å². The quantitative estimate of drug-likeness (QED) is 0.152. The lowest BCUT2D eigenvalue weighted by atomic mass is 9.79. The van der Waals surface area contributed by atoms with E-state index in [-0.39, 0.29) is 52.1 Å². The molecular formula is C30H25F4N3O5S. The summed E-state index contributed by atoms with van der Waals surface area (Å²) in [6.45, 7) is 1.29. The van der Waals surface area contributed by atoms with Gasteiger partial charge in [0.15, 0.2) is 21.4 Å². The maximum absolute atomic E-state index is 15.1. The SMILES string of the molecule is CC(c1cccc(CCC(=O)O)c1)(c1cnc(-c2cc(Oc3c(F)cc4[nH]ccc4c3S(C)(=O)=O)ccc2F)[nH]1)C(F)F. The molecule has 5 rings (SSSR count). The van der Waals surface area contributed by atoms with Gasteiger partial charge in [-0.3, -0.25) is 4.79 Å². The van der Waals surface area contributed by atoms with Gasteiger partial charge in [0, 0.05) is 42.0 Å². The molecule has 8 nitrogen and oxygen atoms in total. The fourth-order valence-electron chi connectivity index (χ4n) is 4.88. The van der Waals surface area contributed by atoms with E-state index in [2.05, 4.69) is 15.0 Å². The van der Waals surface area contributed by atoms with Crippen LogP contribution in [0.3, 0.4) is 0 Å². The number of rotatable bonds is 10. The van der Waals surface area contributed by atoms with Crippen LogP contribution < -0.4 is 4.74 Å². The number of nitrogens with zero attached hydrogens (tertiary/aromatic N) is 1. The van der Waals surface area contributed by atoms with Crippen LogP contribution in [0.25, 0.3) is 22.3 Å². The number of imidazole rings is 1. The Hall–Kier alpha value is -4.65. The van der Waals surface area contributed by atoms with Crippen molar-refractivity contribution >= 4 is 26.7 Å². The Morgan fingerprint density at radius 1 is 1.09 bits per heavy atom. The highest BCUT2D eigenvalue weighted by Crippen LogP contribution is 2.40. The summed E-state index contributed by atoms with van der Waals surface area (Å²) in [6.07, 6.45) is 0.550. The van der Waals surface area contributed by atoms with Crippen LogP contribution in [-0.4, -0.2) is 47.1 Å². The number of fused-ring (bicyclic) bond motifs is 1. The van der Waals surface area contributed by atoms with Gasteiger partial charge in [0.05, 0.1) is 16.7 Å². The summed E-state index contributed by atoms with van der Waals surface area (Å²) in [4.78, 5) is 20.2. The number of carbonyl (C=O) groups is 1. The number of sulfone groups is 1. The van der Waals surface area contributed by atoms with Gasteiger partial charge in [-0.2, -0.15) is 0 Å². The fraction of sp³-hybridized carbons (Fsp3) is 0.200. The molecule has 3 N–H and O–H groups in total. The van der Waals surface area contributed by atoms with Gasteiger partial charge in [-0.25, -0.2) is 31.0 Å². The minimum absolute atomic E-state index is 0.0399. The van der Waals surface area contributed by atoms with E-state index in [1.54, 1.807) is 12.1 Å². The zero-order valence-electron chi connectivity index (χ0n) is 22.8. The van der Waals surface area contributed by atoms with E-state index in [0.29, 0.717) is 5.56 Å². The standard InChI is InChI=1S/C30H25F4N3O5S/c1-30(29(33)34,17-5-3-4-16(12-17)6-9-25(38)39)24-15-36-28(37-24)20-13-18(7-8-21(20)31)42-26-22(32)14-23-19(10-11-35-23)27(26)43(2,40)41/h3-5,7-8,10-15,29,35H,6,9H2,1-2H3,(H,36,37)(H,38,39). The molecule has 2 aromatic heterocycles. The molecule has 3 aromatic carbocycles. The van der Waals surface area contributed by atoms with Crippen molar-refractivity contribution in [3.05, 3.63) is 95.4 Å². The van der Waals surface area contributed by atoms with Crippen LogP contribution in [-0.2, 0) is 26.5 Å². The monoisotopic (exact) mass is 615 g/mol. The first-order valence-corrected chi connectivity index (χ1v) is 14.8. The maximum Gasteiger partial charge on any atom is 0.303 e. The topological polar surface area (TPSA) is 125 Å². The van der Waals surface area contributed by atoms with E-state index in [1.165, 1.54) is 37.4 Å². The molecule has 224 valence electrons. The number of nitrogens with one attached hydrogen (secondary N) is 2. The molecule has 0 spiro atoms. The number of carboxylic acid groups (broad SMARTS) is 1. The second-order valence-electron chi connectivity index (χ2n) is 10.2. The van der Waals surface area contributed by atoms with Crippen molar-refractivity contribution in [1.29, 1.82) is 0 Å². The third kappa shape index (κ3) is 5.72. The highest BCUT2D eigenvalue weighted by Gasteiger charge is 2.41. The van der Waals surface area contributed by atoms with Gasteiger partial charge in [0.1, 0.15) is 22.3 Å². The Kier molecular flexibility index (Phi) is 7.78. The fourth-order valence-corrected chi connectivity index (χ4v) is 5.93. The first-order valence-electron chi connectivity index (χ1n) is 12.9. The zero-order valence-corrected chi connectivity index (χ0v) is 23.6. The molecule has 1 unspecified atom stereocenters. The molecule has 43 heavy (non-hydrogen) atoms. The number of aryl methyl sites for hydroxylation is 1. The van der Waals surface area contributed by atoms with Crippen LogP contribution in [0.1, 0.15) is 30.2 Å². The van der Waals surface area contributed by atoms with Gasteiger partial charge in [-0.05, 0) is 48.7 Å². The van der Waals surface area contributed by atoms with E-state index < -0.39 is 49.9 Å². The number of alkyl halides is 2. The van der Waals surface area contributed by atoms with E-state index in [4.69, 9.17) is 9.84 Å². The summed E-state index contributed by atoms with van der Waals surface area (Å²) in [5, 5.41) is 9.19. The van der Waals surface area contributed by atoms with Crippen LogP contribution in [0, 0.1) is 11.6 Å². The average Bonchev–Trinajstić information content (AvgIpc) is 3.62. The summed E-state index contributed by atoms with van der Waals surface area (Å²) in [6, 6.07) is 12.0. The Morgan fingerprint density at radius 2 is 1.86 bits per heavy atom. The smallest absolute Gasteiger partial charge is 0.303 e. The molecule has 0 amide bonds. The van der Waals surface area contributed by atoms with E-state index in [0.717, 1.165) is 30.7 Å². The predicted molar refractivity (Wildman–Crippen MR) is 150 cm³/mol. The van der Waals surface area contributed by atoms with Crippen LogP contribution in [0.15, 0.2) is 71.9 Å². The molecule has 0 aliphatic heterocycles. The van der Waals surface area contributed by atoms with Crippen molar-refractivity contribution < 1.29 is 40.6 Å². The normalized spacial score (nSPS) is 13.4. The highest BCUT2D eigenvalue weighted by atomic mass is 32.2. The third-order valence-electron chi connectivity index (χ3n) is 7.23. The number of H-pyrrole nitrogens is 2. The van der Waals surface area contributed by atoms with Gasteiger partial charge in [-0.1, -0.05) is 24.3 Å². The number of hydrogen-bond acceptors (Lipinski definition) is 5. The largest absolute Gasteiger partial charge is 0.481 e.